The van der Waals surface area contributed by atoms with Crippen molar-refractivity contribution in [2.75, 3.05) is 0 Å². The van der Waals surface area contributed by atoms with Gasteiger partial charge in [0.1, 0.15) is 5.82 Å². The molecule has 0 bridgehead atoms. The van der Waals surface area contributed by atoms with Gasteiger partial charge in [-0.1, -0.05) is 0 Å². The smallest absolute Gasteiger partial charge is 0.197 e. The highest BCUT2D eigenvalue weighted by Crippen LogP contribution is 2.18. The van der Waals surface area contributed by atoms with Gasteiger partial charge >= 0.3 is 0 Å². The third-order valence-electron chi connectivity index (χ3n) is 2.62. The van der Waals surface area contributed by atoms with Crippen molar-refractivity contribution >= 4 is 11.3 Å². The van der Waals surface area contributed by atoms with Crippen LogP contribution in [0.3, 0.4) is 0 Å². The van der Waals surface area contributed by atoms with Crippen LogP contribution in [0, 0.1) is 0 Å². The second-order valence-corrected chi connectivity index (χ2v) is 3.64. The Bertz CT molecular complexity index is 475. The molecule has 1 aliphatic heterocycles. The Kier molecular flexibility index (Phi) is 1.55. The lowest BCUT2D eigenvalue weighted by Gasteiger charge is -2.19. The molecule has 0 saturated heterocycles. The highest BCUT2D eigenvalue weighted by Gasteiger charge is 2.19. The third-order valence-corrected chi connectivity index (χ3v) is 2.62. The molecule has 2 aromatic rings. The zero-order valence-electron chi connectivity index (χ0n) is 7.72. The summed E-state index contributed by atoms with van der Waals surface area (Å²) >= 11 is 0. The Morgan fingerprint density at radius 1 is 1.36 bits per heavy atom. The molecule has 1 atom stereocenters. The maximum atomic E-state index is 5.90. The summed E-state index contributed by atoms with van der Waals surface area (Å²) in [6.07, 6.45) is 5.29. The minimum absolute atomic E-state index is 0.224. The molecule has 0 amide bonds. The van der Waals surface area contributed by atoms with Crippen LogP contribution in [-0.4, -0.2) is 25.6 Å². The van der Waals surface area contributed by atoms with Crippen molar-refractivity contribution < 1.29 is 0 Å². The lowest BCUT2D eigenvalue weighted by Crippen LogP contribution is -2.32. The molecule has 0 aliphatic carbocycles. The first kappa shape index (κ1) is 7.87. The largest absolute Gasteiger partial charge is 0.326 e. The highest BCUT2D eigenvalue weighted by atomic mass is 15.2. The van der Waals surface area contributed by atoms with Gasteiger partial charge in [-0.25, -0.2) is 15.0 Å². The van der Waals surface area contributed by atoms with Gasteiger partial charge in [-0.3, -0.25) is 0 Å². The summed E-state index contributed by atoms with van der Waals surface area (Å²) in [7, 11) is 0. The Balaban J connectivity index is 2.25. The standard InChI is InChI=1S/C9H11N5/c10-6-1-2-7-13-8-9(14(7)5-6)12-4-3-11-8/h3-4,6H,1-2,5,10H2/t6-/m1/s1. The summed E-state index contributed by atoms with van der Waals surface area (Å²) in [5.41, 5.74) is 7.49. The van der Waals surface area contributed by atoms with Gasteiger partial charge in [0.15, 0.2) is 11.3 Å². The number of hydrogen-bond acceptors (Lipinski definition) is 4. The van der Waals surface area contributed by atoms with E-state index in [4.69, 9.17) is 5.73 Å². The predicted octanol–water partition coefficient (Wildman–Crippen LogP) is 0.0998. The number of fused-ring (bicyclic) bond motifs is 3. The van der Waals surface area contributed by atoms with Gasteiger partial charge in [0.05, 0.1) is 0 Å². The third kappa shape index (κ3) is 1.02. The van der Waals surface area contributed by atoms with E-state index in [2.05, 4.69) is 19.5 Å². The van der Waals surface area contributed by atoms with Crippen LogP contribution in [0.2, 0.25) is 0 Å². The predicted molar refractivity (Wildman–Crippen MR) is 51.6 cm³/mol. The fraction of sp³-hybridized carbons (Fsp3) is 0.444. The molecule has 2 N–H and O–H groups in total. The summed E-state index contributed by atoms with van der Waals surface area (Å²) in [5, 5.41) is 0. The van der Waals surface area contributed by atoms with Crippen molar-refractivity contribution in [3.63, 3.8) is 0 Å². The van der Waals surface area contributed by atoms with Gasteiger partial charge in [-0.2, -0.15) is 0 Å². The normalized spacial score (nSPS) is 21.1. The lowest BCUT2D eigenvalue weighted by molar-refractivity contribution is 0.460. The average molecular weight is 189 g/mol. The maximum absolute atomic E-state index is 5.90. The van der Waals surface area contributed by atoms with E-state index in [0.29, 0.717) is 0 Å². The molecule has 0 unspecified atom stereocenters. The van der Waals surface area contributed by atoms with Crippen molar-refractivity contribution in [3.05, 3.63) is 18.2 Å². The molecule has 0 radical (unpaired) electrons. The molecule has 3 heterocycles. The van der Waals surface area contributed by atoms with E-state index < -0.39 is 0 Å². The van der Waals surface area contributed by atoms with Crippen LogP contribution < -0.4 is 5.73 Å². The van der Waals surface area contributed by atoms with Gasteiger partial charge < -0.3 is 10.3 Å². The van der Waals surface area contributed by atoms with Crippen LogP contribution in [0.1, 0.15) is 12.2 Å². The monoisotopic (exact) mass is 189 g/mol. The number of nitrogens with two attached hydrogens (primary N) is 1. The Hall–Kier alpha value is -1.49. The molecule has 0 spiro atoms. The molecule has 72 valence electrons. The first-order valence-electron chi connectivity index (χ1n) is 4.76. The second kappa shape index (κ2) is 2.75. The number of imidazole rings is 1. The maximum Gasteiger partial charge on any atom is 0.197 e. The molecule has 1 aliphatic rings. The Morgan fingerprint density at radius 2 is 2.21 bits per heavy atom. The minimum Gasteiger partial charge on any atom is -0.326 e. The first-order chi connectivity index (χ1) is 6.84. The van der Waals surface area contributed by atoms with Crippen LogP contribution in [0.15, 0.2) is 12.4 Å². The lowest BCUT2D eigenvalue weighted by atomic mass is 10.1. The summed E-state index contributed by atoms with van der Waals surface area (Å²) in [4.78, 5) is 12.9. The van der Waals surface area contributed by atoms with E-state index in [1.165, 1.54) is 0 Å². The van der Waals surface area contributed by atoms with Crippen LogP contribution in [0.4, 0.5) is 0 Å². The number of aromatic nitrogens is 4. The van der Waals surface area contributed by atoms with Crippen LogP contribution >= 0.6 is 0 Å². The fourth-order valence-corrected chi connectivity index (χ4v) is 1.92. The van der Waals surface area contributed by atoms with Crippen molar-refractivity contribution in [3.8, 4) is 0 Å². The summed E-state index contributed by atoms with van der Waals surface area (Å²) < 4.78 is 2.08. The van der Waals surface area contributed by atoms with Gasteiger partial charge in [-0.05, 0) is 6.42 Å². The molecule has 0 saturated carbocycles. The van der Waals surface area contributed by atoms with Gasteiger partial charge in [0, 0.05) is 31.4 Å². The molecule has 3 rings (SSSR count). The van der Waals surface area contributed by atoms with Crippen molar-refractivity contribution in [2.24, 2.45) is 5.73 Å². The molecule has 5 nitrogen and oxygen atoms in total. The summed E-state index contributed by atoms with van der Waals surface area (Å²) in [6, 6.07) is 0.224. The zero-order chi connectivity index (χ0) is 9.54. The number of nitrogens with zero attached hydrogens (tertiary/aromatic N) is 4. The van der Waals surface area contributed by atoms with Gasteiger partial charge in [-0.15, -0.1) is 0 Å². The summed E-state index contributed by atoms with van der Waals surface area (Å²) in [6.45, 7) is 0.810. The quantitative estimate of drug-likeness (QED) is 0.638. The Morgan fingerprint density at radius 3 is 3.14 bits per heavy atom. The van der Waals surface area contributed by atoms with Gasteiger partial charge in [0.2, 0.25) is 0 Å². The van der Waals surface area contributed by atoms with Crippen molar-refractivity contribution in [1.29, 1.82) is 0 Å². The van der Waals surface area contributed by atoms with Crippen LogP contribution in [0.25, 0.3) is 11.3 Å². The zero-order valence-corrected chi connectivity index (χ0v) is 7.72. The molecule has 2 aromatic heterocycles. The first-order valence-corrected chi connectivity index (χ1v) is 4.76. The van der Waals surface area contributed by atoms with Crippen LogP contribution in [-0.2, 0) is 13.0 Å². The number of aryl methyl sites for hydroxylation is 1. The van der Waals surface area contributed by atoms with Crippen LogP contribution in [0.5, 0.6) is 0 Å². The van der Waals surface area contributed by atoms with E-state index in [1.807, 2.05) is 0 Å². The van der Waals surface area contributed by atoms with E-state index in [-0.39, 0.29) is 6.04 Å². The molecule has 14 heavy (non-hydrogen) atoms. The van der Waals surface area contributed by atoms with E-state index >= 15 is 0 Å². The Labute approximate surface area is 81.0 Å². The topological polar surface area (TPSA) is 69.6 Å². The molecule has 5 heteroatoms. The molecular weight excluding hydrogens is 178 g/mol. The van der Waals surface area contributed by atoms with E-state index in [1.54, 1.807) is 12.4 Å². The van der Waals surface area contributed by atoms with E-state index in [0.717, 1.165) is 36.5 Å². The van der Waals surface area contributed by atoms with Crippen molar-refractivity contribution in [1.82, 2.24) is 19.5 Å². The fourth-order valence-electron chi connectivity index (χ4n) is 1.92. The number of hydrogen-bond donors (Lipinski definition) is 1. The minimum atomic E-state index is 0.224. The SMILES string of the molecule is N[C@@H]1CCc2nc3nccnc3n2C1. The van der Waals surface area contributed by atoms with Gasteiger partial charge in [0.25, 0.3) is 0 Å². The molecule has 0 fully saturated rings. The van der Waals surface area contributed by atoms with E-state index in [9.17, 15) is 0 Å². The van der Waals surface area contributed by atoms with Crippen molar-refractivity contribution in [2.45, 2.75) is 25.4 Å². The number of rotatable bonds is 0. The second-order valence-electron chi connectivity index (χ2n) is 3.64. The molecular formula is C9H11N5. The highest BCUT2D eigenvalue weighted by molar-refractivity contribution is 5.66. The average Bonchev–Trinajstić information content (AvgIpc) is 2.56. The summed E-state index contributed by atoms with van der Waals surface area (Å²) in [5.74, 6) is 1.06. The molecule has 0 aromatic carbocycles.